The first-order valence-electron chi connectivity index (χ1n) is 17.9. The fourth-order valence-corrected chi connectivity index (χ4v) is 9.29. The van der Waals surface area contributed by atoms with Crippen LogP contribution in [0.1, 0.15) is 36.6 Å². The molecule has 0 unspecified atom stereocenters. The zero-order valence-electron chi connectivity index (χ0n) is 31.0. The summed E-state index contributed by atoms with van der Waals surface area (Å²) in [5.74, 6) is -3.29. The number of ether oxygens (including phenoxy) is 3. The van der Waals surface area contributed by atoms with E-state index < -0.39 is 62.7 Å². The van der Waals surface area contributed by atoms with Gasteiger partial charge >= 0.3 is 11.4 Å². The second kappa shape index (κ2) is 13.7. The number of aryl methyl sites for hydroxylation is 2. The van der Waals surface area contributed by atoms with Crippen LogP contribution < -0.4 is 36.0 Å². The van der Waals surface area contributed by atoms with Crippen molar-refractivity contribution in [2.75, 3.05) is 25.7 Å². The lowest BCUT2D eigenvalue weighted by Crippen LogP contribution is -2.59. The highest BCUT2D eigenvalue weighted by molar-refractivity contribution is 6.58. The minimum Gasteiger partial charge on any atom is -0.504 e. The predicted octanol–water partition coefficient (Wildman–Crippen LogP) is 3.76. The highest BCUT2D eigenvalue weighted by Gasteiger charge is 2.76. The number of imide groups is 1. The van der Waals surface area contributed by atoms with Crippen LogP contribution in [0.2, 0.25) is 0 Å². The molecule has 8 rings (SSSR count). The van der Waals surface area contributed by atoms with E-state index in [0.717, 1.165) is 21.6 Å². The van der Waals surface area contributed by atoms with E-state index in [-0.39, 0.29) is 54.6 Å². The molecule has 3 aromatic carbocycles. The predicted molar refractivity (Wildman–Crippen MR) is 207 cm³/mol. The summed E-state index contributed by atoms with van der Waals surface area (Å²) < 4.78 is 35.1. The number of phenols is 1. The number of aromatic hydroxyl groups is 1. The number of para-hydroxylation sites is 1. The number of aromatic nitrogens is 5. The quantitative estimate of drug-likeness (QED) is 0.131. The summed E-state index contributed by atoms with van der Waals surface area (Å²) in [6, 6.07) is 11.4. The van der Waals surface area contributed by atoms with Crippen molar-refractivity contribution in [2.24, 2.45) is 7.05 Å². The Morgan fingerprint density at radius 3 is 2.33 bits per heavy atom. The van der Waals surface area contributed by atoms with E-state index in [1.165, 1.54) is 52.4 Å². The van der Waals surface area contributed by atoms with Crippen LogP contribution in [0.3, 0.4) is 0 Å². The first kappa shape index (κ1) is 38.0. The largest absolute Gasteiger partial charge is 0.504 e. The second-order valence-electron chi connectivity index (χ2n) is 13.9. The van der Waals surface area contributed by atoms with Crippen molar-refractivity contribution < 1.29 is 33.3 Å². The molecule has 2 aromatic heterocycles. The number of phenolic OH excluding ortho intramolecular Hbond substituents is 1. The highest BCUT2D eigenvalue weighted by Crippen LogP contribution is 2.65. The Kier molecular flexibility index (Phi) is 9.11. The standard InChI is InChI=1S/C39H35Cl2FN6O9/c1-5-57-28-8-6-7-23(32(28)49)31-22-13-16-46-36(53)45(15-14-24-33(50)44(2)26-18-30(56-4)29(55-3)17-25(26)43-24)37(54)48(46)27(22)19-38(40)34(51)47(35(52)39(31,38)41)21-11-9-20(42)10-12-21/h6-13,17-18,27,31,49H,5,14-16,19H2,1-4H3/t27-,31-,38-,39+/m1/s1. The number of amides is 2. The van der Waals surface area contributed by atoms with E-state index in [2.05, 4.69) is 4.98 Å². The summed E-state index contributed by atoms with van der Waals surface area (Å²) in [4.78, 5) is 71.8. The number of halogens is 3. The molecule has 15 nitrogen and oxygen atoms in total. The van der Waals surface area contributed by atoms with Gasteiger partial charge in [-0.2, -0.15) is 0 Å². The van der Waals surface area contributed by atoms with Crippen molar-refractivity contribution in [3.63, 3.8) is 0 Å². The number of benzene rings is 3. The molecule has 0 radical (unpaired) electrons. The third kappa shape index (κ3) is 5.36. The average Bonchev–Trinajstić information content (AvgIpc) is 3.53. The lowest BCUT2D eigenvalue weighted by molar-refractivity contribution is -0.122. The Morgan fingerprint density at radius 1 is 0.947 bits per heavy atom. The van der Waals surface area contributed by atoms with Crippen LogP contribution in [0, 0.1) is 5.82 Å². The highest BCUT2D eigenvalue weighted by atomic mass is 35.5. The van der Waals surface area contributed by atoms with Crippen molar-refractivity contribution >= 4 is 51.7 Å². The lowest BCUT2D eigenvalue weighted by Gasteiger charge is -2.49. The smallest absolute Gasteiger partial charge is 0.347 e. The van der Waals surface area contributed by atoms with E-state index >= 15 is 0 Å². The van der Waals surface area contributed by atoms with Crippen molar-refractivity contribution in [2.45, 2.75) is 54.6 Å². The first-order valence-corrected chi connectivity index (χ1v) is 18.7. The van der Waals surface area contributed by atoms with Crippen molar-refractivity contribution in [1.82, 2.24) is 23.5 Å². The third-order valence-corrected chi connectivity index (χ3v) is 12.5. The van der Waals surface area contributed by atoms with Gasteiger partial charge in [-0.05, 0) is 42.8 Å². The SMILES string of the molecule is CCOc1cccc([C@H]2C3=CCn4c(=O)n(CCc5nc6cc(OC)c(OC)cc6n(C)c5=O)c(=O)n4[C@@H]3C[C@@]3(Cl)C(=O)N(c4ccc(F)cc4)C(=O)[C@@]23Cl)c1O. The molecule has 1 saturated carbocycles. The maximum atomic E-state index is 14.6. The molecule has 296 valence electrons. The van der Waals surface area contributed by atoms with E-state index in [4.69, 9.17) is 37.4 Å². The Balaban J connectivity index is 1.24. The minimum absolute atomic E-state index is 0.00934. The fraction of sp³-hybridized carbons (Fsp3) is 0.333. The maximum Gasteiger partial charge on any atom is 0.347 e. The van der Waals surface area contributed by atoms with Gasteiger partial charge in [-0.25, -0.2) is 37.8 Å². The summed E-state index contributed by atoms with van der Waals surface area (Å²) >= 11 is 14.8. The molecule has 2 amide bonds. The Morgan fingerprint density at radius 2 is 1.65 bits per heavy atom. The van der Waals surface area contributed by atoms with Crippen LogP contribution >= 0.6 is 23.2 Å². The monoisotopic (exact) mass is 820 g/mol. The molecular weight excluding hydrogens is 786 g/mol. The molecule has 57 heavy (non-hydrogen) atoms. The van der Waals surface area contributed by atoms with Gasteiger partial charge in [0.05, 0.1) is 50.1 Å². The van der Waals surface area contributed by atoms with Gasteiger partial charge in [-0.15, -0.1) is 23.2 Å². The van der Waals surface area contributed by atoms with Gasteiger partial charge in [0.2, 0.25) is 0 Å². The number of anilines is 1. The molecule has 4 heterocycles. The number of carbonyl (C=O) groups is 2. The number of methoxy groups -OCH3 is 2. The second-order valence-corrected chi connectivity index (χ2v) is 15.2. The van der Waals surface area contributed by atoms with Gasteiger partial charge in [-0.3, -0.25) is 14.4 Å². The number of hydrogen-bond acceptors (Lipinski definition) is 10. The molecule has 18 heteroatoms. The number of fused-ring (bicyclic) bond motifs is 5. The van der Waals surface area contributed by atoms with Crippen LogP contribution in [0.25, 0.3) is 11.0 Å². The van der Waals surface area contributed by atoms with Gasteiger partial charge in [0, 0.05) is 50.0 Å². The molecule has 1 aliphatic carbocycles. The lowest BCUT2D eigenvalue weighted by atomic mass is 9.64. The normalized spacial score (nSPS) is 22.6. The Labute approximate surface area is 332 Å². The van der Waals surface area contributed by atoms with Crippen LogP contribution in [0.5, 0.6) is 23.0 Å². The molecule has 2 aliphatic heterocycles. The van der Waals surface area contributed by atoms with Crippen molar-refractivity contribution in [3.05, 3.63) is 115 Å². The van der Waals surface area contributed by atoms with Crippen LogP contribution in [-0.4, -0.2) is 71.0 Å². The number of nitrogens with zero attached hydrogens (tertiary/aromatic N) is 6. The first-order chi connectivity index (χ1) is 27.2. The minimum atomic E-state index is -2.28. The van der Waals surface area contributed by atoms with E-state index in [0.29, 0.717) is 28.1 Å². The molecule has 4 atom stereocenters. The molecule has 1 saturated heterocycles. The van der Waals surface area contributed by atoms with E-state index in [1.54, 1.807) is 38.2 Å². The van der Waals surface area contributed by atoms with Gasteiger partial charge in [0.1, 0.15) is 11.5 Å². The van der Waals surface area contributed by atoms with Crippen molar-refractivity contribution in [3.8, 4) is 23.0 Å². The summed E-state index contributed by atoms with van der Waals surface area (Å²) in [6.45, 7) is 1.51. The van der Waals surface area contributed by atoms with Crippen LogP contribution in [0.15, 0.2) is 80.6 Å². The Hall–Kier alpha value is -5.87. The maximum absolute atomic E-state index is 14.6. The van der Waals surface area contributed by atoms with Gasteiger partial charge in [-0.1, -0.05) is 18.2 Å². The number of carbonyl (C=O) groups excluding carboxylic acids is 2. The number of alkyl halides is 2. The van der Waals surface area contributed by atoms with E-state index in [1.807, 2.05) is 0 Å². The molecule has 1 N–H and O–H groups in total. The topological polar surface area (TPSA) is 169 Å². The van der Waals surface area contributed by atoms with Crippen LogP contribution in [0.4, 0.5) is 10.1 Å². The fourth-order valence-electron chi connectivity index (χ4n) is 8.38. The summed E-state index contributed by atoms with van der Waals surface area (Å²) in [5.41, 5.74) is -0.494. The van der Waals surface area contributed by atoms with Gasteiger partial charge < -0.3 is 23.9 Å². The van der Waals surface area contributed by atoms with E-state index in [9.17, 15) is 33.5 Å². The summed E-state index contributed by atoms with van der Waals surface area (Å²) in [6.07, 6.45) is 1.11. The molecule has 5 aromatic rings. The molecular formula is C39H35Cl2FN6O9. The molecule has 3 aliphatic rings. The van der Waals surface area contributed by atoms with Gasteiger partial charge in [0.25, 0.3) is 17.4 Å². The summed E-state index contributed by atoms with van der Waals surface area (Å²) in [7, 11) is 4.51. The van der Waals surface area contributed by atoms with Gasteiger partial charge in [0.15, 0.2) is 32.7 Å². The summed E-state index contributed by atoms with van der Waals surface area (Å²) in [5, 5.41) is 11.6. The Bertz CT molecular complexity index is 2740. The molecule has 0 bridgehead atoms. The van der Waals surface area contributed by atoms with Crippen molar-refractivity contribution in [1.29, 1.82) is 0 Å². The average molecular weight is 822 g/mol. The molecule has 2 fully saturated rings. The number of allylic oxidation sites excluding steroid dienone is 2. The third-order valence-electron chi connectivity index (χ3n) is 11.1. The number of hydrogen-bond donors (Lipinski definition) is 1. The number of rotatable bonds is 9. The molecule has 0 spiro atoms. The van der Waals surface area contributed by atoms with Crippen LogP contribution in [-0.2, 0) is 36.1 Å². The zero-order chi connectivity index (χ0) is 40.7. The zero-order valence-corrected chi connectivity index (χ0v) is 32.5.